The summed E-state index contributed by atoms with van der Waals surface area (Å²) in [7, 11) is 0. The summed E-state index contributed by atoms with van der Waals surface area (Å²) in [6, 6.07) is 0. The predicted molar refractivity (Wildman–Crippen MR) is 45.7 cm³/mol. The van der Waals surface area contributed by atoms with E-state index in [1.165, 1.54) is 19.3 Å². The van der Waals surface area contributed by atoms with E-state index in [0.717, 1.165) is 17.8 Å². The van der Waals surface area contributed by atoms with Gasteiger partial charge >= 0.3 is 5.97 Å². The summed E-state index contributed by atoms with van der Waals surface area (Å²) in [5, 5.41) is 8.67. The molecule has 2 aliphatic carbocycles. The van der Waals surface area contributed by atoms with Gasteiger partial charge in [0.25, 0.3) is 0 Å². The molecular weight excluding hydrogens is 152 g/mol. The van der Waals surface area contributed by atoms with Crippen LogP contribution >= 0.6 is 0 Å². The van der Waals surface area contributed by atoms with Crippen LogP contribution in [0.5, 0.6) is 0 Å². The first kappa shape index (κ1) is 8.09. The molecule has 2 aliphatic rings. The van der Waals surface area contributed by atoms with Crippen LogP contribution in [0.4, 0.5) is 0 Å². The fraction of sp³-hybridized carbons (Fsp3) is 0.900. The Morgan fingerprint density at radius 1 is 1.33 bits per heavy atom. The first-order chi connectivity index (χ1) is 5.66. The van der Waals surface area contributed by atoms with Gasteiger partial charge in [0, 0.05) is 6.42 Å². The molecule has 2 rings (SSSR count). The van der Waals surface area contributed by atoms with Crippen LogP contribution in [0.25, 0.3) is 0 Å². The Morgan fingerprint density at radius 2 is 2.08 bits per heavy atom. The third-order valence-electron chi connectivity index (χ3n) is 3.79. The topological polar surface area (TPSA) is 37.3 Å². The second kappa shape index (κ2) is 2.75. The van der Waals surface area contributed by atoms with Gasteiger partial charge < -0.3 is 5.11 Å². The van der Waals surface area contributed by atoms with Crippen molar-refractivity contribution in [2.75, 3.05) is 0 Å². The molecule has 0 aromatic carbocycles. The van der Waals surface area contributed by atoms with Crippen LogP contribution in [0, 0.1) is 23.7 Å². The molecule has 0 heterocycles. The molecule has 2 fully saturated rings. The second-order valence-corrected chi connectivity index (χ2v) is 4.56. The zero-order chi connectivity index (χ0) is 8.72. The molecule has 4 atom stereocenters. The van der Waals surface area contributed by atoms with Crippen LogP contribution in [0.1, 0.15) is 32.6 Å². The molecule has 0 saturated heterocycles. The molecule has 0 radical (unpaired) electrons. The van der Waals surface area contributed by atoms with Crippen LogP contribution < -0.4 is 0 Å². The SMILES string of the molecule is C[C@@H]1CC2CC1CC2CC(=O)O. The van der Waals surface area contributed by atoms with E-state index in [4.69, 9.17) is 5.11 Å². The van der Waals surface area contributed by atoms with Crippen molar-refractivity contribution in [2.45, 2.75) is 32.6 Å². The van der Waals surface area contributed by atoms with E-state index in [-0.39, 0.29) is 0 Å². The molecule has 12 heavy (non-hydrogen) atoms. The molecule has 0 aromatic heterocycles. The van der Waals surface area contributed by atoms with Crippen LogP contribution in [0.3, 0.4) is 0 Å². The smallest absolute Gasteiger partial charge is 0.303 e. The number of fused-ring (bicyclic) bond motifs is 2. The van der Waals surface area contributed by atoms with Gasteiger partial charge in [-0.15, -0.1) is 0 Å². The van der Waals surface area contributed by atoms with Crippen molar-refractivity contribution in [1.29, 1.82) is 0 Å². The largest absolute Gasteiger partial charge is 0.481 e. The molecule has 0 aromatic rings. The maximum Gasteiger partial charge on any atom is 0.303 e. The molecule has 68 valence electrons. The highest BCUT2D eigenvalue weighted by Gasteiger charge is 2.44. The number of rotatable bonds is 2. The fourth-order valence-corrected chi connectivity index (χ4v) is 3.16. The normalized spacial score (nSPS) is 45.1. The van der Waals surface area contributed by atoms with Gasteiger partial charge in [-0.05, 0) is 42.9 Å². The molecule has 3 unspecified atom stereocenters. The highest BCUT2D eigenvalue weighted by molar-refractivity contribution is 5.67. The molecule has 0 spiro atoms. The zero-order valence-electron chi connectivity index (χ0n) is 7.49. The van der Waals surface area contributed by atoms with Gasteiger partial charge in [-0.3, -0.25) is 4.79 Å². The molecule has 0 aliphatic heterocycles. The molecule has 2 bridgehead atoms. The summed E-state index contributed by atoms with van der Waals surface area (Å²) >= 11 is 0. The Balaban J connectivity index is 1.94. The molecule has 2 nitrogen and oxygen atoms in total. The van der Waals surface area contributed by atoms with Crippen molar-refractivity contribution < 1.29 is 9.90 Å². The lowest BCUT2D eigenvalue weighted by molar-refractivity contribution is -0.138. The third kappa shape index (κ3) is 1.23. The van der Waals surface area contributed by atoms with Crippen molar-refractivity contribution in [1.82, 2.24) is 0 Å². The van der Waals surface area contributed by atoms with E-state index < -0.39 is 5.97 Å². The maximum atomic E-state index is 10.5. The lowest BCUT2D eigenvalue weighted by Crippen LogP contribution is -2.18. The van der Waals surface area contributed by atoms with Crippen molar-refractivity contribution in [2.24, 2.45) is 23.7 Å². The van der Waals surface area contributed by atoms with Gasteiger partial charge in [-0.2, -0.15) is 0 Å². The van der Waals surface area contributed by atoms with Crippen molar-refractivity contribution in [3.05, 3.63) is 0 Å². The molecule has 2 saturated carbocycles. The van der Waals surface area contributed by atoms with E-state index in [9.17, 15) is 4.79 Å². The minimum absolute atomic E-state index is 0.411. The summed E-state index contributed by atoms with van der Waals surface area (Å²) in [6.07, 6.45) is 4.17. The van der Waals surface area contributed by atoms with Crippen LogP contribution in [-0.2, 0) is 4.79 Å². The van der Waals surface area contributed by atoms with Gasteiger partial charge in [-0.25, -0.2) is 0 Å². The van der Waals surface area contributed by atoms with Gasteiger partial charge in [0.15, 0.2) is 0 Å². The van der Waals surface area contributed by atoms with E-state index in [1.807, 2.05) is 0 Å². The van der Waals surface area contributed by atoms with Crippen LogP contribution in [0.2, 0.25) is 0 Å². The number of carboxylic acid groups (broad SMARTS) is 1. The summed E-state index contributed by atoms with van der Waals surface area (Å²) in [5.74, 6) is 2.34. The summed E-state index contributed by atoms with van der Waals surface area (Å²) < 4.78 is 0. The number of hydrogen-bond donors (Lipinski definition) is 1. The third-order valence-corrected chi connectivity index (χ3v) is 3.79. The first-order valence-corrected chi connectivity index (χ1v) is 4.88. The van der Waals surface area contributed by atoms with Gasteiger partial charge in [0.1, 0.15) is 0 Å². The Bertz CT molecular complexity index is 198. The molecule has 1 N–H and O–H groups in total. The summed E-state index contributed by atoms with van der Waals surface area (Å²) in [6.45, 7) is 2.31. The highest BCUT2D eigenvalue weighted by atomic mass is 16.4. The van der Waals surface area contributed by atoms with E-state index in [1.54, 1.807) is 0 Å². The highest BCUT2D eigenvalue weighted by Crippen LogP contribution is 2.52. The molecule has 2 heteroatoms. The van der Waals surface area contributed by atoms with E-state index >= 15 is 0 Å². The minimum atomic E-state index is -0.611. The zero-order valence-corrected chi connectivity index (χ0v) is 7.49. The summed E-state index contributed by atoms with van der Waals surface area (Å²) in [5.41, 5.74) is 0. The maximum absolute atomic E-state index is 10.5. The number of carbonyl (C=O) groups is 1. The lowest BCUT2D eigenvalue weighted by atomic mass is 9.81. The van der Waals surface area contributed by atoms with Gasteiger partial charge in [0.05, 0.1) is 0 Å². The van der Waals surface area contributed by atoms with Gasteiger partial charge in [-0.1, -0.05) is 6.92 Å². The van der Waals surface area contributed by atoms with E-state index in [2.05, 4.69) is 6.92 Å². The Morgan fingerprint density at radius 3 is 2.50 bits per heavy atom. The standard InChI is InChI=1S/C10H16O2/c1-6-2-8-3-7(6)4-9(8)5-10(11)12/h6-9H,2-5H2,1H3,(H,11,12)/t6-,7?,8?,9?/m1/s1. The number of hydrogen-bond acceptors (Lipinski definition) is 1. The second-order valence-electron chi connectivity index (χ2n) is 4.56. The predicted octanol–water partition coefficient (Wildman–Crippen LogP) is 2.14. The summed E-state index contributed by atoms with van der Waals surface area (Å²) in [4.78, 5) is 10.5. The Kier molecular flexibility index (Phi) is 1.85. The van der Waals surface area contributed by atoms with Crippen molar-refractivity contribution in [3.8, 4) is 0 Å². The monoisotopic (exact) mass is 168 g/mol. The van der Waals surface area contributed by atoms with Crippen LogP contribution in [0.15, 0.2) is 0 Å². The first-order valence-electron chi connectivity index (χ1n) is 4.88. The molecule has 0 amide bonds. The average Bonchev–Trinajstić information content (AvgIpc) is 2.44. The van der Waals surface area contributed by atoms with Crippen LogP contribution in [-0.4, -0.2) is 11.1 Å². The van der Waals surface area contributed by atoms with Crippen molar-refractivity contribution in [3.63, 3.8) is 0 Å². The number of carboxylic acids is 1. The minimum Gasteiger partial charge on any atom is -0.481 e. The van der Waals surface area contributed by atoms with Gasteiger partial charge in [0.2, 0.25) is 0 Å². The van der Waals surface area contributed by atoms with Crippen molar-refractivity contribution >= 4 is 5.97 Å². The number of aliphatic carboxylic acids is 1. The molecular formula is C10H16O2. The quantitative estimate of drug-likeness (QED) is 0.686. The van der Waals surface area contributed by atoms with E-state index in [0.29, 0.717) is 12.3 Å². The fourth-order valence-electron chi connectivity index (χ4n) is 3.16. The Hall–Kier alpha value is -0.530. The lowest BCUT2D eigenvalue weighted by Gasteiger charge is -2.24. The average molecular weight is 168 g/mol. The Labute approximate surface area is 73.0 Å².